The molecule has 1 N–H and O–H groups in total. The van der Waals surface area contributed by atoms with Crippen LogP contribution in [0.4, 0.5) is 17.1 Å². The van der Waals surface area contributed by atoms with E-state index in [1.165, 1.54) is 5.19 Å². The lowest BCUT2D eigenvalue weighted by molar-refractivity contribution is -0.146. The third-order valence-corrected chi connectivity index (χ3v) is 15.7. The fourth-order valence-electron chi connectivity index (χ4n) is 8.50. The standard InChI is InChI=1S/C41H44ClN5O5Si/c1-28-39(53(3,4)35-16-14-34(51-2)15-17-35)38(19-21-45-26-31(20-22-48)43-44-45)52-41(28)36-24-30(42)13-18-37(36)46(40(41)50)25-29-9-8-12-33(23-29)47(27-49)32-10-6-5-7-11-32/h5-18,23-24,26-28,38-39,48H,19-22,25H2,1-4H3/t28-,38+,39-,41+/m0/s1. The Morgan fingerprint density at radius 2 is 1.77 bits per heavy atom. The first-order chi connectivity index (χ1) is 25.6. The number of methoxy groups -OCH3 is 1. The minimum Gasteiger partial charge on any atom is -0.497 e. The van der Waals surface area contributed by atoms with Crippen LogP contribution < -0.4 is 19.7 Å². The van der Waals surface area contributed by atoms with Gasteiger partial charge in [-0.2, -0.15) is 0 Å². The largest absolute Gasteiger partial charge is 0.497 e. The van der Waals surface area contributed by atoms with Gasteiger partial charge >= 0.3 is 0 Å². The molecule has 2 amide bonds. The van der Waals surface area contributed by atoms with Crippen molar-refractivity contribution in [1.82, 2.24) is 15.0 Å². The number of benzene rings is 4. The maximum absolute atomic E-state index is 15.2. The molecule has 274 valence electrons. The van der Waals surface area contributed by atoms with Crippen molar-refractivity contribution in [1.29, 1.82) is 0 Å². The first-order valence-electron chi connectivity index (χ1n) is 17.9. The summed E-state index contributed by atoms with van der Waals surface area (Å²) in [4.78, 5) is 30.9. The number of anilines is 3. The molecule has 0 saturated carbocycles. The maximum Gasteiger partial charge on any atom is 0.264 e. The predicted octanol–water partition coefficient (Wildman–Crippen LogP) is 6.62. The molecule has 12 heteroatoms. The Bertz CT molecular complexity index is 2090. The second kappa shape index (κ2) is 14.9. The number of nitrogens with zero attached hydrogens (tertiary/aromatic N) is 5. The van der Waals surface area contributed by atoms with E-state index >= 15 is 4.79 Å². The zero-order valence-corrected chi connectivity index (χ0v) is 32.1. The van der Waals surface area contributed by atoms with Gasteiger partial charge in [0.1, 0.15) is 5.75 Å². The summed E-state index contributed by atoms with van der Waals surface area (Å²) in [6.07, 6.45) is 3.42. The lowest BCUT2D eigenvalue weighted by Crippen LogP contribution is -2.51. The number of aliphatic hydroxyl groups is 1. The molecule has 4 atom stereocenters. The second-order valence-corrected chi connectivity index (χ2v) is 19.5. The minimum atomic E-state index is -2.37. The normalized spacial score (nSPS) is 20.9. The number of carbonyl (C=O) groups excluding carboxylic acids is 2. The van der Waals surface area contributed by atoms with E-state index in [1.54, 1.807) is 16.7 Å². The molecule has 0 aliphatic carbocycles. The summed E-state index contributed by atoms with van der Waals surface area (Å²) in [5, 5.41) is 19.7. The van der Waals surface area contributed by atoms with Gasteiger partial charge in [0.15, 0.2) is 5.60 Å². The van der Waals surface area contributed by atoms with Crippen molar-refractivity contribution in [3.8, 4) is 5.75 Å². The second-order valence-electron chi connectivity index (χ2n) is 14.4. The number of aromatic nitrogens is 3. The summed E-state index contributed by atoms with van der Waals surface area (Å²) in [6.45, 7) is 7.69. The average molecular weight is 750 g/mol. The summed E-state index contributed by atoms with van der Waals surface area (Å²) < 4.78 is 14.5. The van der Waals surface area contributed by atoms with Crippen LogP contribution in [0.15, 0.2) is 103 Å². The fourth-order valence-corrected chi connectivity index (χ4v) is 12.7. The third kappa shape index (κ3) is 6.67. The number of ether oxygens (including phenoxy) is 2. The number of para-hydroxylation sites is 1. The molecule has 4 aromatic carbocycles. The van der Waals surface area contributed by atoms with Crippen LogP contribution in [0.2, 0.25) is 23.7 Å². The minimum absolute atomic E-state index is 0.00142. The quantitative estimate of drug-likeness (QED) is 0.106. The van der Waals surface area contributed by atoms with Crippen molar-refractivity contribution in [3.63, 3.8) is 0 Å². The first kappa shape index (κ1) is 36.5. The summed E-state index contributed by atoms with van der Waals surface area (Å²) in [5.41, 5.74) is 3.34. The highest BCUT2D eigenvalue weighted by atomic mass is 35.5. The molecule has 53 heavy (non-hydrogen) atoms. The summed E-state index contributed by atoms with van der Waals surface area (Å²) >= 11 is 6.71. The van der Waals surface area contributed by atoms with E-state index < -0.39 is 13.7 Å². The van der Waals surface area contributed by atoms with Gasteiger partial charge in [0, 0.05) is 53.6 Å². The van der Waals surface area contributed by atoms with Crippen molar-refractivity contribution < 1.29 is 24.2 Å². The topological polar surface area (TPSA) is 110 Å². The van der Waals surface area contributed by atoms with Crippen LogP contribution in [0.25, 0.3) is 0 Å². The number of aryl methyl sites for hydroxylation is 1. The number of halogens is 1. The van der Waals surface area contributed by atoms with Gasteiger partial charge in [-0.05, 0) is 72.1 Å². The highest BCUT2D eigenvalue weighted by Crippen LogP contribution is 2.60. The SMILES string of the molecule is COc1ccc([Si](C)(C)[C@@H]2[C@@H](CCn3cc(CCO)nn3)O[C@]3(C(=O)N(Cc4cccc(N(C=O)c5ccccc5)c4)c4ccc(Cl)cc43)[C@H]2C)cc1. The summed E-state index contributed by atoms with van der Waals surface area (Å²) in [7, 11) is -0.701. The van der Waals surface area contributed by atoms with Gasteiger partial charge in [0.25, 0.3) is 5.91 Å². The average Bonchev–Trinajstić information content (AvgIpc) is 3.81. The van der Waals surface area contributed by atoms with Gasteiger partial charge in [-0.3, -0.25) is 19.2 Å². The number of carbonyl (C=O) groups is 2. The Balaban J connectivity index is 1.26. The molecular formula is C41H44ClN5O5Si. The summed E-state index contributed by atoms with van der Waals surface area (Å²) in [5.74, 6) is 0.462. The Labute approximate surface area is 315 Å². The maximum atomic E-state index is 15.2. The molecule has 0 unspecified atom stereocenters. The highest BCUT2D eigenvalue weighted by molar-refractivity contribution is 6.91. The van der Waals surface area contributed by atoms with Crippen molar-refractivity contribution in [2.24, 2.45) is 5.92 Å². The van der Waals surface area contributed by atoms with E-state index in [4.69, 9.17) is 21.1 Å². The van der Waals surface area contributed by atoms with Gasteiger partial charge in [-0.25, -0.2) is 0 Å². The Morgan fingerprint density at radius 1 is 1.02 bits per heavy atom. The van der Waals surface area contributed by atoms with Crippen LogP contribution >= 0.6 is 11.6 Å². The van der Waals surface area contributed by atoms with Gasteiger partial charge < -0.3 is 19.5 Å². The molecule has 3 heterocycles. The van der Waals surface area contributed by atoms with Crippen LogP contribution in [0, 0.1) is 5.92 Å². The number of fused-ring (bicyclic) bond motifs is 2. The number of rotatable bonds is 13. The zero-order chi connectivity index (χ0) is 37.3. The molecule has 2 aliphatic heterocycles. The van der Waals surface area contributed by atoms with E-state index in [-0.39, 0.29) is 36.6 Å². The van der Waals surface area contributed by atoms with Gasteiger partial charge in [0.05, 0.1) is 39.2 Å². The monoisotopic (exact) mass is 749 g/mol. The Kier molecular flexibility index (Phi) is 10.3. The van der Waals surface area contributed by atoms with Gasteiger partial charge in [-0.1, -0.05) is 84.5 Å². The number of amides is 2. The van der Waals surface area contributed by atoms with E-state index in [9.17, 15) is 9.90 Å². The molecule has 1 aromatic heterocycles. The number of hydrogen-bond donors (Lipinski definition) is 1. The van der Waals surface area contributed by atoms with Crippen molar-refractivity contribution in [2.45, 2.75) is 63.2 Å². The molecule has 0 radical (unpaired) electrons. The molecule has 2 aliphatic rings. The smallest absolute Gasteiger partial charge is 0.264 e. The zero-order valence-electron chi connectivity index (χ0n) is 30.4. The Morgan fingerprint density at radius 3 is 2.49 bits per heavy atom. The van der Waals surface area contributed by atoms with Crippen LogP contribution in [-0.2, 0) is 39.4 Å². The molecular weight excluding hydrogens is 706 g/mol. The van der Waals surface area contributed by atoms with E-state index in [1.807, 2.05) is 96.0 Å². The van der Waals surface area contributed by atoms with Crippen LogP contribution in [0.5, 0.6) is 5.75 Å². The Hall–Kier alpha value is -4.81. The van der Waals surface area contributed by atoms with Crippen LogP contribution in [0.1, 0.15) is 30.2 Å². The fraction of sp³-hybridized carbons (Fsp3) is 0.317. The van der Waals surface area contributed by atoms with E-state index in [0.29, 0.717) is 30.1 Å². The van der Waals surface area contributed by atoms with E-state index in [0.717, 1.165) is 40.4 Å². The molecule has 7 rings (SSSR count). The molecule has 1 saturated heterocycles. The lowest BCUT2D eigenvalue weighted by Gasteiger charge is -2.37. The number of aliphatic hydroxyl groups excluding tert-OH is 1. The van der Waals surface area contributed by atoms with Crippen LogP contribution in [-0.4, -0.2) is 60.3 Å². The van der Waals surface area contributed by atoms with Gasteiger partial charge in [0.2, 0.25) is 6.41 Å². The number of hydrogen-bond acceptors (Lipinski definition) is 7. The third-order valence-electron chi connectivity index (χ3n) is 11.1. The molecule has 10 nitrogen and oxygen atoms in total. The van der Waals surface area contributed by atoms with Crippen LogP contribution in [0.3, 0.4) is 0 Å². The molecule has 5 aromatic rings. The van der Waals surface area contributed by atoms with Gasteiger partial charge in [-0.15, -0.1) is 5.10 Å². The highest BCUT2D eigenvalue weighted by Gasteiger charge is 2.66. The van der Waals surface area contributed by atoms with Crippen molar-refractivity contribution in [3.05, 3.63) is 125 Å². The summed E-state index contributed by atoms with van der Waals surface area (Å²) in [6, 6.07) is 31.1. The van der Waals surface area contributed by atoms with Crippen molar-refractivity contribution in [2.75, 3.05) is 23.5 Å². The van der Waals surface area contributed by atoms with Crippen molar-refractivity contribution >= 4 is 54.2 Å². The first-order valence-corrected chi connectivity index (χ1v) is 21.4. The predicted molar refractivity (Wildman–Crippen MR) is 209 cm³/mol. The molecule has 0 bridgehead atoms. The lowest BCUT2D eigenvalue weighted by atomic mass is 9.82. The molecule has 1 fully saturated rings. The molecule has 1 spiro atoms. The van der Waals surface area contributed by atoms with E-state index in [2.05, 4.69) is 42.5 Å².